The number of benzene rings is 3. The highest BCUT2D eigenvalue weighted by Gasteiger charge is 2.28. The fourth-order valence-electron chi connectivity index (χ4n) is 3.07. The summed E-state index contributed by atoms with van der Waals surface area (Å²) >= 11 is 0. The molecule has 3 aromatic rings. The van der Waals surface area contributed by atoms with Gasteiger partial charge in [-0.15, -0.1) is 0 Å². The van der Waals surface area contributed by atoms with Gasteiger partial charge in [0, 0.05) is 6.07 Å². The third-order valence-corrected chi connectivity index (χ3v) is 6.62. The molecule has 2 N–H and O–H groups in total. The van der Waals surface area contributed by atoms with Crippen molar-refractivity contribution in [2.45, 2.75) is 4.90 Å². The van der Waals surface area contributed by atoms with Gasteiger partial charge in [-0.2, -0.15) is 5.10 Å². The Kier molecular flexibility index (Phi) is 8.05. The van der Waals surface area contributed by atoms with Gasteiger partial charge in [-0.05, 0) is 42.0 Å². The van der Waals surface area contributed by atoms with E-state index >= 15 is 0 Å². The maximum absolute atomic E-state index is 13.4. The molecule has 0 aliphatic carbocycles. The van der Waals surface area contributed by atoms with Crippen molar-refractivity contribution < 1.29 is 32.6 Å². The molecule has 0 bridgehead atoms. The molecule has 0 spiro atoms. The second-order valence-corrected chi connectivity index (χ2v) is 8.95. The molecule has 0 aliphatic heterocycles. The summed E-state index contributed by atoms with van der Waals surface area (Å²) in [5, 5.41) is 12.8. The van der Waals surface area contributed by atoms with E-state index in [9.17, 15) is 18.0 Å². The summed E-state index contributed by atoms with van der Waals surface area (Å²) in [6.07, 6.45) is 1.32. The zero-order chi connectivity index (χ0) is 25.4. The highest BCUT2D eigenvalue weighted by atomic mass is 32.2. The van der Waals surface area contributed by atoms with E-state index in [1.54, 1.807) is 24.3 Å². The van der Waals surface area contributed by atoms with E-state index in [4.69, 9.17) is 14.6 Å². The highest BCUT2D eigenvalue weighted by molar-refractivity contribution is 7.92. The largest absolute Gasteiger partial charge is 0.493 e. The van der Waals surface area contributed by atoms with Crippen LogP contribution in [0.15, 0.2) is 82.8 Å². The number of carboxylic acid groups (broad SMARTS) is 1. The Morgan fingerprint density at radius 3 is 2.23 bits per heavy atom. The summed E-state index contributed by atoms with van der Waals surface area (Å²) in [6.45, 7) is -0.567. The zero-order valence-corrected chi connectivity index (χ0v) is 19.7. The Balaban J connectivity index is 1.85. The van der Waals surface area contributed by atoms with Crippen LogP contribution in [-0.2, 0) is 14.8 Å². The molecule has 0 aromatic heterocycles. The number of carbonyl (C=O) groups is 2. The molecule has 182 valence electrons. The van der Waals surface area contributed by atoms with Crippen molar-refractivity contribution in [2.75, 3.05) is 25.1 Å². The Morgan fingerprint density at radius 2 is 1.63 bits per heavy atom. The van der Waals surface area contributed by atoms with Gasteiger partial charge in [0.25, 0.3) is 15.9 Å². The zero-order valence-electron chi connectivity index (χ0n) is 18.9. The molecule has 10 nitrogen and oxygen atoms in total. The normalized spacial score (nSPS) is 11.1. The fourth-order valence-corrected chi connectivity index (χ4v) is 4.51. The van der Waals surface area contributed by atoms with E-state index in [2.05, 4.69) is 10.5 Å². The van der Waals surface area contributed by atoms with E-state index in [0.717, 1.165) is 4.31 Å². The predicted molar refractivity (Wildman–Crippen MR) is 130 cm³/mol. The van der Waals surface area contributed by atoms with Crippen LogP contribution in [0.4, 0.5) is 5.69 Å². The number of sulfonamides is 1. The minimum absolute atomic E-state index is 0.00427. The molecule has 0 radical (unpaired) electrons. The smallest absolute Gasteiger partial charge is 0.335 e. The Morgan fingerprint density at radius 1 is 0.971 bits per heavy atom. The van der Waals surface area contributed by atoms with Crippen LogP contribution in [-0.4, -0.2) is 52.4 Å². The molecule has 1 amide bonds. The van der Waals surface area contributed by atoms with Crippen LogP contribution >= 0.6 is 0 Å². The second kappa shape index (κ2) is 11.2. The summed E-state index contributed by atoms with van der Waals surface area (Å²) in [7, 11) is -1.24. The van der Waals surface area contributed by atoms with Crippen molar-refractivity contribution in [3.05, 3.63) is 83.9 Å². The van der Waals surface area contributed by atoms with Gasteiger partial charge in [-0.3, -0.25) is 9.10 Å². The fraction of sp³-hybridized carbons (Fsp3) is 0.125. The molecule has 11 heteroatoms. The number of nitrogens with one attached hydrogen (secondary N) is 1. The average molecular weight is 498 g/mol. The van der Waals surface area contributed by atoms with Crippen molar-refractivity contribution >= 4 is 33.8 Å². The minimum atomic E-state index is -4.12. The van der Waals surface area contributed by atoms with Crippen molar-refractivity contribution in [3.8, 4) is 11.5 Å². The molecule has 3 rings (SSSR count). The number of nitrogens with zero attached hydrogens (tertiary/aromatic N) is 2. The summed E-state index contributed by atoms with van der Waals surface area (Å²) in [4.78, 5) is 23.6. The maximum Gasteiger partial charge on any atom is 0.335 e. The van der Waals surface area contributed by atoms with Gasteiger partial charge in [0.15, 0.2) is 11.5 Å². The molecular formula is C24H23N3O7S. The number of rotatable bonds is 10. The number of aromatic carboxylic acids is 1. The molecule has 0 saturated carbocycles. The number of ether oxygens (including phenoxy) is 2. The van der Waals surface area contributed by atoms with Crippen molar-refractivity contribution in [1.82, 2.24) is 5.43 Å². The summed E-state index contributed by atoms with van der Waals surface area (Å²) < 4.78 is 38.2. The molecule has 0 heterocycles. The quantitative estimate of drug-likeness (QED) is 0.325. The molecular weight excluding hydrogens is 474 g/mol. The first-order valence-electron chi connectivity index (χ1n) is 10.2. The van der Waals surface area contributed by atoms with E-state index < -0.39 is 28.4 Å². The van der Waals surface area contributed by atoms with Gasteiger partial charge in [0.1, 0.15) is 6.54 Å². The van der Waals surface area contributed by atoms with E-state index in [1.165, 1.54) is 69.0 Å². The average Bonchev–Trinajstić information content (AvgIpc) is 2.87. The molecule has 35 heavy (non-hydrogen) atoms. The van der Waals surface area contributed by atoms with E-state index in [0.29, 0.717) is 17.1 Å². The van der Waals surface area contributed by atoms with Crippen LogP contribution in [0.25, 0.3) is 0 Å². The van der Waals surface area contributed by atoms with Crippen LogP contribution in [0.2, 0.25) is 0 Å². The first kappa shape index (κ1) is 25.2. The number of hydrazone groups is 1. The first-order chi connectivity index (χ1) is 16.8. The number of anilines is 1. The number of amides is 1. The lowest BCUT2D eigenvalue weighted by Crippen LogP contribution is -2.39. The number of methoxy groups -OCH3 is 2. The molecule has 0 fully saturated rings. The lowest BCUT2D eigenvalue weighted by Gasteiger charge is -2.24. The van der Waals surface area contributed by atoms with Gasteiger partial charge in [0.05, 0.1) is 36.6 Å². The van der Waals surface area contributed by atoms with Crippen molar-refractivity contribution in [3.63, 3.8) is 0 Å². The number of carboxylic acids is 1. The maximum atomic E-state index is 13.4. The van der Waals surface area contributed by atoms with Gasteiger partial charge in [0.2, 0.25) is 0 Å². The summed E-state index contributed by atoms with van der Waals surface area (Å²) in [5.41, 5.74) is 3.14. The van der Waals surface area contributed by atoms with Crippen LogP contribution in [0, 0.1) is 0 Å². The van der Waals surface area contributed by atoms with Crippen LogP contribution in [0.3, 0.4) is 0 Å². The summed E-state index contributed by atoms with van der Waals surface area (Å²) in [6, 6.07) is 18.1. The van der Waals surface area contributed by atoms with Crippen LogP contribution < -0.4 is 19.2 Å². The van der Waals surface area contributed by atoms with Crippen molar-refractivity contribution in [1.29, 1.82) is 0 Å². The minimum Gasteiger partial charge on any atom is -0.493 e. The first-order valence-corrected chi connectivity index (χ1v) is 11.7. The molecule has 0 unspecified atom stereocenters. The standard InChI is InChI=1S/C24H23N3O7S/c1-33-21-13-12-19(14-22(21)34-2)27(35(31,32)20-6-4-3-5-7-20)16-23(28)26-25-15-17-8-10-18(11-9-17)24(29)30/h3-15H,16H2,1-2H3,(H,26,28)(H,29,30)/b25-15-. The van der Waals surface area contributed by atoms with E-state index in [-0.39, 0.29) is 16.1 Å². The number of carbonyl (C=O) groups excluding carboxylic acids is 1. The second-order valence-electron chi connectivity index (χ2n) is 7.08. The third-order valence-electron chi connectivity index (χ3n) is 4.83. The predicted octanol–water partition coefficient (Wildman–Crippen LogP) is 2.75. The monoisotopic (exact) mass is 497 g/mol. The number of hydrogen-bond donors (Lipinski definition) is 2. The topological polar surface area (TPSA) is 135 Å². The van der Waals surface area contributed by atoms with Crippen LogP contribution in [0.5, 0.6) is 11.5 Å². The Hall–Kier alpha value is -4.38. The van der Waals surface area contributed by atoms with Gasteiger partial charge in [-0.1, -0.05) is 30.3 Å². The Labute approximate surface area is 202 Å². The van der Waals surface area contributed by atoms with Gasteiger partial charge < -0.3 is 14.6 Å². The number of hydrogen-bond acceptors (Lipinski definition) is 7. The van der Waals surface area contributed by atoms with Crippen molar-refractivity contribution in [2.24, 2.45) is 5.10 Å². The lowest BCUT2D eigenvalue weighted by atomic mass is 10.1. The van der Waals surface area contributed by atoms with Gasteiger partial charge >= 0.3 is 5.97 Å². The molecule has 0 aliphatic rings. The molecule has 0 saturated heterocycles. The third kappa shape index (κ3) is 6.15. The van der Waals surface area contributed by atoms with Gasteiger partial charge in [-0.25, -0.2) is 18.6 Å². The van der Waals surface area contributed by atoms with Crippen LogP contribution in [0.1, 0.15) is 15.9 Å². The SMILES string of the molecule is COc1ccc(N(CC(=O)N/N=C\c2ccc(C(=O)O)cc2)S(=O)(=O)c2ccccc2)cc1OC. The highest BCUT2D eigenvalue weighted by Crippen LogP contribution is 2.33. The van der Waals surface area contributed by atoms with E-state index in [1.807, 2.05) is 0 Å². The lowest BCUT2D eigenvalue weighted by molar-refractivity contribution is -0.119. The molecule has 0 atom stereocenters. The summed E-state index contributed by atoms with van der Waals surface area (Å²) in [5.74, 6) is -1.06. The molecule has 3 aromatic carbocycles. The Bertz CT molecular complexity index is 1320.